The van der Waals surface area contributed by atoms with Gasteiger partial charge in [0.15, 0.2) is 0 Å². The van der Waals surface area contributed by atoms with E-state index in [1.54, 1.807) is 0 Å². The van der Waals surface area contributed by atoms with Crippen molar-refractivity contribution in [1.82, 2.24) is 20.3 Å². The van der Waals surface area contributed by atoms with Crippen molar-refractivity contribution >= 4 is 0 Å². The van der Waals surface area contributed by atoms with Gasteiger partial charge in [0.1, 0.15) is 0 Å². The minimum absolute atomic E-state index is 0.656. The predicted molar refractivity (Wildman–Crippen MR) is 59.8 cm³/mol. The maximum atomic E-state index is 4.15. The SMILES string of the molecule is CCCn1nncc1C1CCC(NC)C1. The van der Waals surface area contributed by atoms with Crippen molar-refractivity contribution in [2.45, 2.75) is 51.1 Å². The zero-order chi connectivity index (χ0) is 10.7. The van der Waals surface area contributed by atoms with Crippen molar-refractivity contribution in [3.8, 4) is 0 Å². The molecule has 0 amide bonds. The first-order chi connectivity index (χ1) is 7.35. The fraction of sp³-hybridized carbons (Fsp3) is 0.818. The Morgan fingerprint density at radius 1 is 1.53 bits per heavy atom. The second-order valence-electron chi connectivity index (χ2n) is 4.38. The van der Waals surface area contributed by atoms with E-state index in [9.17, 15) is 0 Å². The quantitative estimate of drug-likeness (QED) is 0.816. The highest BCUT2D eigenvalue weighted by Crippen LogP contribution is 2.33. The molecular weight excluding hydrogens is 188 g/mol. The van der Waals surface area contributed by atoms with Gasteiger partial charge in [-0.05, 0) is 32.7 Å². The van der Waals surface area contributed by atoms with Crippen molar-refractivity contribution in [2.75, 3.05) is 7.05 Å². The summed E-state index contributed by atoms with van der Waals surface area (Å²) in [5.41, 5.74) is 1.33. The molecule has 4 heteroatoms. The lowest BCUT2D eigenvalue weighted by atomic mass is 10.0. The molecule has 1 saturated carbocycles. The van der Waals surface area contributed by atoms with Gasteiger partial charge in [0.2, 0.25) is 0 Å². The van der Waals surface area contributed by atoms with Crippen LogP contribution in [0.25, 0.3) is 0 Å². The third-order valence-electron chi connectivity index (χ3n) is 3.34. The summed E-state index contributed by atoms with van der Waals surface area (Å²) in [7, 11) is 2.05. The van der Waals surface area contributed by atoms with Gasteiger partial charge in [0.25, 0.3) is 0 Å². The van der Waals surface area contributed by atoms with Crippen LogP contribution in [0.4, 0.5) is 0 Å². The van der Waals surface area contributed by atoms with Crippen LogP contribution in [-0.2, 0) is 6.54 Å². The van der Waals surface area contributed by atoms with E-state index in [1.165, 1.54) is 25.0 Å². The summed E-state index contributed by atoms with van der Waals surface area (Å²) in [5, 5.41) is 11.5. The molecule has 0 radical (unpaired) electrons. The highest BCUT2D eigenvalue weighted by Gasteiger charge is 2.27. The maximum Gasteiger partial charge on any atom is 0.0728 e. The number of hydrogen-bond donors (Lipinski definition) is 1. The monoisotopic (exact) mass is 208 g/mol. The molecule has 15 heavy (non-hydrogen) atoms. The molecule has 1 fully saturated rings. The molecule has 1 N–H and O–H groups in total. The lowest BCUT2D eigenvalue weighted by Gasteiger charge is -2.11. The van der Waals surface area contributed by atoms with Crippen LogP contribution in [0, 0.1) is 0 Å². The first kappa shape index (κ1) is 10.6. The Kier molecular flexibility index (Phi) is 3.36. The van der Waals surface area contributed by atoms with Crippen LogP contribution in [0.5, 0.6) is 0 Å². The Morgan fingerprint density at radius 2 is 2.40 bits per heavy atom. The maximum absolute atomic E-state index is 4.15. The smallest absolute Gasteiger partial charge is 0.0728 e. The topological polar surface area (TPSA) is 42.7 Å². The van der Waals surface area contributed by atoms with Gasteiger partial charge in [-0.1, -0.05) is 12.1 Å². The molecule has 1 aromatic heterocycles. The summed E-state index contributed by atoms with van der Waals surface area (Å²) in [6.45, 7) is 3.17. The molecule has 1 aliphatic carbocycles. The number of nitrogens with zero attached hydrogens (tertiary/aromatic N) is 3. The molecule has 84 valence electrons. The molecule has 2 rings (SSSR count). The first-order valence-corrected chi connectivity index (χ1v) is 5.90. The number of aromatic nitrogens is 3. The lowest BCUT2D eigenvalue weighted by Crippen LogP contribution is -2.21. The largest absolute Gasteiger partial charge is 0.317 e. The van der Waals surface area contributed by atoms with Crippen LogP contribution in [0.15, 0.2) is 6.20 Å². The fourth-order valence-corrected chi connectivity index (χ4v) is 2.48. The van der Waals surface area contributed by atoms with Gasteiger partial charge in [-0.3, -0.25) is 0 Å². The number of nitrogens with one attached hydrogen (secondary N) is 1. The van der Waals surface area contributed by atoms with Gasteiger partial charge in [-0.15, -0.1) is 5.10 Å². The molecule has 1 heterocycles. The molecule has 0 aliphatic heterocycles. The minimum Gasteiger partial charge on any atom is -0.317 e. The Hall–Kier alpha value is -0.900. The average Bonchev–Trinajstić information content (AvgIpc) is 2.85. The van der Waals surface area contributed by atoms with Gasteiger partial charge in [-0.25, -0.2) is 4.68 Å². The zero-order valence-electron chi connectivity index (χ0n) is 9.61. The molecule has 2 atom stereocenters. The summed E-state index contributed by atoms with van der Waals surface area (Å²) < 4.78 is 2.07. The highest BCUT2D eigenvalue weighted by atomic mass is 15.4. The van der Waals surface area contributed by atoms with Gasteiger partial charge in [-0.2, -0.15) is 0 Å². The zero-order valence-corrected chi connectivity index (χ0v) is 9.61. The molecule has 0 bridgehead atoms. The third-order valence-corrected chi connectivity index (χ3v) is 3.34. The molecule has 1 aliphatic rings. The Balaban J connectivity index is 2.06. The Bertz CT molecular complexity index is 307. The lowest BCUT2D eigenvalue weighted by molar-refractivity contribution is 0.515. The number of aryl methyl sites for hydroxylation is 1. The van der Waals surface area contributed by atoms with E-state index < -0.39 is 0 Å². The van der Waals surface area contributed by atoms with Crippen LogP contribution in [-0.4, -0.2) is 28.1 Å². The number of rotatable bonds is 4. The fourth-order valence-electron chi connectivity index (χ4n) is 2.48. The molecule has 0 saturated heterocycles. The summed E-state index contributed by atoms with van der Waals surface area (Å²) in [6, 6.07) is 0.681. The van der Waals surface area contributed by atoms with Crippen LogP contribution in [0.1, 0.15) is 44.2 Å². The van der Waals surface area contributed by atoms with Crippen molar-refractivity contribution in [1.29, 1.82) is 0 Å². The number of hydrogen-bond acceptors (Lipinski definition) is 3. The summed E-state index contributed by atoms with van der Waals surface area (Å²) in [5.74, 6) is 0.656. The molecular formula is C11H20N4. The standard InChI is InChI=1S/C11H20N4/c1-3-6-15-11(8-13-14-15)9-4-5-10(7-9)12-2/h8-10,12H,3-7H2,1-2H3. The van der Waals surface area contributed by atoms with E-state index in [2.05, 4.69) is 34.3 Å². The molecule has 0 aromatic carbocycles. The van der Waals surface area contributed by atoms with Crippen LogP contribution in [0.3, 0.4) is 0 Å². The van der Waals surface area contributed by atoms with Crippen molar-refractivity contribution in [2.24, 2.45) is 0 Å². The Morgan fingerprint density at radius 3 is 3.07 bits per heavy atom. The molecule has 4 nitrogen and oxygen atoms in total. The predicted octanol–water partition coefficient (Wildman–Crippen LogP) is 1.54. The van der Waals surface area contributed by atoms with E-state index >= 15 is 0 Å². The van der Waals surface area contributed by atoms with Gasteiger partial charge < -0.3 is 5.32 Å². The second-order valence-corrected chi connectivity index (χ2v) is 4.38. The first-order valence-electron chi connectivity index (χ1n) is 5.90. The summed E-state index contributed by atoms with van der Waals surface area (Å²) in [4.78, 5) is 0. The van der Waals surface area contributed by atoms with Gasteiger partial charge >= 0.3 is 0 Å². The summed E-state index contributed by atoms with van der Waals surface area (Å²) >= 11 is 0. The van der Waals surface area contributed by atoms with Crippen molar-refractivity contribution < 1.29 is 0 Å². The van der Waals surface area contributed by atoms with E-state index in [1.807, 2.05) is 6.20 Å². The van der Waals surface area contributed by atoms with Crippen LogP contribution in [0.2, 0.25) is 0 Å². The molecule has 1 aromatic rings. The molecule has 0 spiro atoms. The van der Waals surface area contributed by atoms with Crippen molar-refractivity contribution in [3.63, 3.8) is 0 Å². The van der Waals surface area contributed by atoms with Gasteiger partial charge in [0, 0.05) is 18.5 Å². The van der Waals surface area contributed by atoms with E-state index in [-0.39, 0.29) is 0 Å². The minimum atomic E-state index is 0.656. The van der Waals surface area contributed by atoms with E-state index in [4.69, 9.17) is 0 Å². The highest BCUT2D eigenvalue weighted by molar-refractivity contribution is 5.07. The van der Waals surface area contributed by atoms with Crippen LogP contribution >= 0.6 is 0 Å². The molecule has 2 unspecified atom stereocenters. The average molecular weight is 208 g/mol. The van der Waals surface area contributed by atoms with Gasteiger partial charge in [0.05, 0.1) is 11.9 Å². The normalized spacial score (nSPS) is 26.0. The third kappa shape index (κ3) is 2.20. The Labute approximate surface area is 91.1 Å². The van der Waals surface area contributed by atoms with E-state index in [0.717, 1.165) is 13.0 Å². The summed E-state index contributed by atoms with van der Waals surface area (Å²) in [6.07, 6.45) is 6.84. The van der Waals surface area contributed by atoms with Crippen LogP contribution < -0.4 is 5.32 Å². The second kappa shape index (κ2) is 4.75. The van der Waals surface area contributed by atoms with E-state index in [0.29, 0.717) is 12.0 Å². The van der Waals surface area contributed by atoms with Crippen molar-refractivity contribution in [3.05, 3.63) is 11.9 Å².